The molecule has 2 aromatic carbocycles. The molecule has 1 aliphatic rings. The van der Waals surface area contributed by atoms with Crippen molar-refractivity contribution in [3.8, 4) is 11.5 Å². The molecule has 1 heterocycles. The van der Waals surface area contributed by atoms with Crippen molar-refractivity contribution in [3.63, 3.8) is 0 Å². The van der Waals surface area contributed by atoms with E-state index >= 15 is 0 Å². The monoisotopic (exact) mass is 553 g/mol. The predicted octanol–water partition coefficient (Wildman–Crippen LogP) is 4.47. The van der Waals surface area contributed by atoms with Crippen LogP contribution in [0.25, 0.3) is 0 Å². The summed E-state index contributed by atoms with van der Waals surface area (Å²) in [7, 11) is 5.46. The number of aliphatic imine (C=N–C) groups is 1. The molecule has 1 N–H and O–H groups in total. The normalized spacial score (nSPS) is 15.4. The second kappa shape index (κ2) is 12.9. The van der Waals surface area contributed by atoms with E-state index in [4.69, 9.17) is 19.2 Å². The standard InChI is InChI=1S/C25H35N3O3.HI/c1-5-26-24(28(2)18-20-6-10-22(29-3)11-7-20)27-19-25(14-16-31-17-15-25)21-8-12-23(30-4)13-9-21;/h6-13H,5,14-19H2,1-4H3,(H,26,27);1H. The number of nitrogens with zero attached hydrogens (tertiary/aromatic N) is 2. The van der Waals surface area contributed by atoms with Crippen LogP contribution >= 0.6 is 24.0 Å². The molecule has 3 rings (SSSR count). The van der Waals surface area contributed by atoms with E-state index in [1.54, 1.807) is 14.2 Å². The molecular weight excluding hydrogens is 517 g/mol. The van der Waals surface area contributed by atoms with Gasteiger partial charge in [0.25, 0.3) is 0 Å². The predicted molar refractivity (Wildman–Crippen MR) is 141 cm³/mol. The lowest BCUT2D eigenvalue weighted by Crippen LogP contribution is -2.41. The van der Waals surface area contributed by atoms with E-state index in [-0.39, 0.29) is 29.4 Å². The number of halogens is 1. The van der Waals surface area contributed by atoms with Gasteiger partial charge in [-0.2, -0.15) is 0 Å². The summed E-state index contributed by atoms with van der Waals surface area (Å²) >= 11 is 0. The first-order chi connectivity index (χ1) is 15.1. The van der Waals surface area contributed by atoms with Crippen LogP contribution < -0.4 is 14.8 Å². The molecular formula is C25H36IN3O3. The van der Waals surface area contributed by atoms with Gasteiger partial charge in [-0.05, 0) is 55.2 Å². The van der Waals surface area contributed by atoms with Crippen LogP contribution in [0.2, 0.25) is 0 Å². The zero-order chi connectivity index (χ0) is 22.1. The van der Waals surface area contributed by atoms with Gasteiger partial charge in [0, 0.05) is 38.8 Å². The van der Waals surface area contributed by atoms with Gasteiger partial charge in [-0.25, -0.2) is 0 Å². The molecule has 0 spiro atoms. The third-order valence-corrected chi connectivity index (χ3v) is 5.96. The third-order valence-electron chi connectivity index (χ3n) is 5.96. The van der Waals surface area contributed by atoms with Crippen molar-refractivity contribution in [2.24, 2.45) is 4.99 Å². The van der Waals surface area contributed by atoms with E-state index in [2.05, 4.69) is 48.5 Å². The quantitative estimate of drug-likeness (QED) is 0.297. The molecule has 7 heteroatoms. The minimum atomic E-state index is -0.0217. The zero-order valence-electron chi connectivity index (χ0n) is 19.6. The Morgan fingerprint density at radius 1 is 1.00 bits per heavy atom. The Kier molecular flexibility index (Phi) is 10.6. The maximum absolute atomic E-state index is 5.68. The van der Waals surface area contributed by atoms with Crippen LogP contribution in [-0.4, -0.2) is 58.4 Å². The highest BCUT2D eigenvalue weighted by atomic mass is 127. The van der Waals surface area contributed by atoms with Crippen molar-refractivity contribution in [1.82, 2.24) is 10.2 Å². The SMILES string of the molecule is CCNC(=NCC1(c2ccc(OC)cc2)CCOCC1)N(C)Cc1ccc(OC)cc1.I. The Morgan fingerprint density at radius 2 is 1.56 bits per heavy atom. The fraction of sp³-hybridized carbons (Fsp3) is 0.480. The molecule has 1 aliphatic heterocycles. The molecule has 32 heavy (non-hydrogen) atoms. The van der Waals surface area contributed by atoms with Gasteiger partial charge in [0.1, 0.15) is 11.5 Å². The van der Waals surface area contributed by atoms with Gasteiger partial charge in [0.2, 0.25) is 0 Å². The number of nitrogens with one attached hydrogen (secondary N) is 1. The minimum absolute atomic E-state index is 0. The van der Waals surface area contributed by atoms with Crippen molar-refractivity contribution in [2.45, 2.75) is 31.7 Å². The average molecular weight is 553 g/mol. The van der Waals surface area contributed by atoms with Gasteiger partial charge in [0.15, 0.2) is 5.96 Å². The lowest BCUT2D eigenvalue weighted by Gasteiger charge is -2.37. The fourth-order valence-corrected chi connectivity index (χ4v) is 4.02. The summed E-state index contributed by atoms with van der Waals surface area (Å²) in [4.78, 5) is 7.25. The van der Waals surface area contributed by atoms with Gasteiger partial charge < -0.3 is 24.4 Å². The molecule has 2 aromatic rings. The lowest BCUT2D eigenvalue weighted by atomic mass is 9.74. The van der Waals surface area contributed by atoms with Crippen LogP contribution in [0, 0.1) is 0 Å². The summed E-state index contributed by atoms with van der Waals surface area (Å²) in [6.07, 6.45) is 1.93. The Morgan fingerprint density at radius 3 is 2.09 bits per heavy atom. The Labute approximate surface area is 209 Å². The summed E-state index contributed by atoms with van der Waals surface area (Å²) in [5, 5.41) is 3.45. The number of methoxy groups -OCH3 is 2. The van der Waals surface area contributed by atoms with E-state index < -0.39 is 0 Å². The van der Waals surface area contributed by atoms with Gasteiger partial charge in [0.05, 0.1) is 20.8 Å². The summed E-state index contributed by atoms with van der Waals surface area (Å²) in [5.41, 5.74) is 2.49. The molecule has 1 saturated heterocycles. The number of ether oxygens (including phenoxy) is 3. The largest absolute Gasteiger partial charge is 0.497 e. The topological polar surface area (TPSA) is 55.3 Å². The van der Waals surface area contributed by atoms with Crippen molar-refractivity contribution in [2.75, 3.05) is 47.6 Å². The highest BCUT2D eigenvalue weighted by Crippen LogP contribution is 2.36. The molecule has 6 nitrogen and oxygen atoms in total. The van der Waals surface area contributed by atoms with E-state index in [1.807, 2.05) is 24.3 Å². The van der Waals surface area contributed by atoms with Crippen molar-refractivity contribution < 1.29 is 14.2 Å². The van der Waals surface area contributed by atoms with Crippen LogP contribution in [0.5, 0.6) is 11.5 Å². The Bertz CT molecular complexity index is 835. The molecule has 0 amide bonds. The Hall–Kier alpha value is -2.00. The van der Waals surface area contributed by atoms with E-state index in [9.17, 15) is 0 Å². The van der Waals surface area contributed by atoms with Crippen LogP contribution in [0.15, 0.2) is 53.5 Å². The highest BCUT2D eigenvalue weighted by molar-refractivity contribution is 14.0. The molecule has 0 unspecified atom stereocenters. The van der Waals surface area contributed by atoms with Crippen molar-refractivity contribution in [1.29, 1.82) is 0 Å². The molecule has 0 aliphatic carbocycles. The first-order valence-electron chi connectivity index (χ1n) is 10.9. The molecule has 0 atom stereocenters. The van der Waals surface area contributed by atoms with Gasteiger partial charge in [-0.1, -0.05) is 24.3 Å². The first-order valence-corrected chi connectivity index (χ1v) is 10.9. The second-order valence-corrected chi connectivity index (χ2v) is 8.00. The number of rotatable bonds is 8. The summed E-state index contributed by atoms with van der Waals surface area (Å²) in [6.45, 7) is 5.95. The summed E-state index contributed by atoms with van der Waals surface area (Å²) < 4.78 is 16.3. The van der Waals surface area contributed by atoms with Crippen molar-refractivity contribution in [3.05, 3.63) is 59.7 Å². The second-order valence-electron chi connectivity index (χ2n) is 8.00. The minimum Gasteiger partial charge on any atom is -0.497 e. The number of guanidine groups is 1. The lowest BCUT2D eigenvalue weighted by molar-refractivity contribution is 0.0530. The highest BCUT2D eigenvalue weighted by Gasteiger charge is 2.34. The van der Waals surface area contributed by atoms with Gasteiger partial charge in [-0.15, -0.1) is 24.0 Å². The molecule has 176 valence electrons. The summed E-state index contributed by atoms with van der Waals surface area (Å²) in [6, 6.07) is 16.6. The van der Waals surface area contributed by atoms with E-state index in [0.717, 1.165) is 63.1 Å². The molecule has 0 saturated carbocycles. The van der Waals surface area contributed by atoms with Crippen LogP contribution in [-0.2, 0) is 16.7 Å². The van der Waals surface area contributed by atoms with Crippen molar-refractivity contribution >= 4 is 29.9 Å². The maximum Gasteiger partial charge on any atom is 0.193 e. The third kappa shape index (κ3) is 6.75. The maximum atomic E-state index is 5.68. The molecule has 0 bridgehead atoms. The van der Waals surface area contributed by atoms with Gasteiger partial charge >= 0.3 is 0 Å². The smallest absolute Gasteiger partial charge is 0.193 e. The molecule has 0 radical (unpaired) electrons. The Balaban J connectivity index is 0.00000363. The zero-order valence-corrected chi connectivity index (χ0v) is 21.9. The fourth-order valence-electron chi connectivity index (χ4n) is 4.02. The van der Waals surface area contributed by atoms with E-state index in [0.29, 0.717) is 0 Å². The van der Waals surface area contributed by atoms with Crippen LogP contribution in [0.4, 0.5) is 0 Å². The van der Waals surface area contributed by atoms with Crippen LogP contribution in [0.1, 0.15) is 30.9 Å². The van der Waals surface area contributed by atoms with E-state index in [1.165, 1.54) is 11.1 Å². The number of hydrogen-bond donors (Lipinski definition) is 1. The summed E-state index contributed by atoms with van der Waals surface area (Å²) in [5.74, 6) is 2.66. The molecule has 1 fully saturated rings. The number of benzene rings is 2. The van der Waals surface area contributed by atoms with Gasteiger partial charge in [-0.3, -0.25) is 4.99 Å². The van der Waals surface area contributed by atoms with Crippen LogP contribution in [0.3, 0.4) is 0 Å². The number of hydrogen-bond acceptors (Lipinski definition) is 4. The average Bonchev–Trinajstić information content (AvgIpc) is 2.83. The molecule has 0 aromatic heterocycles. The first kappa shape index (κ1) is 26.3.